The van der Waals surface area contributed by atoms with Gasteiger partial charge in [-0.3, -0.25) is 9.55 Å². The minimum Gasteiger partial charge on any atom is -0.539 e. The highest BCUT2D eigenvalue weighted by atomic mass is 31.2. The standard InChI is InChI=1S/C23H36NO6PSi/c1-23(2,3)32(8,9)30-22-19(26-4)14-18(15-20(22)27-5)21(31(25,28-6)29-7)13-17-11-10-12-24-16-17/h10-12,14-16,21H,13H2,1-9H3. The SMILES string of the molecule is COc1cc(C(Cc2cccnc2)P(=O)(OC)OC)cc(OC)c1O[Si](C)(C)C(C)(C)C. The van der Waals surface area contributed by atoms with E-state index in [1.54, 1.807) is 26.6 Å². The van der Waals surface area contributed by atoms with Gasteiger partial charge in [0.25, 0.3) is 8.32 Å². The maximum Gasteiger partial charge on any atom is 0.337 e. The molecule has 1 atom stereocenters. The van der Waals surface area contributed by atoms with Crippen LogP contribution in [0.15, 0.2) is 36.7 Å². The smallest absolute Gasteiger partial charge is 0.337 e. The molecule has 0 aliphatic carbocycles. The van der Waals surface area contributed by atoms with E-state index in [1.165, 1.54) is 14.2 Å². The zero-order valence-electron chi connectivity index (χ0n) is 20.6. The number of ether oxygens (including phenoxy) is 2. The van der Waals surface area contributed by atoms with E-state index in [1.807, 2.05) is 24.3 Å². The second-order valence-corrected chi connectivity index (χ2v) is 16.3. The van der Waals surface area contributed by atoms with Crippen LogP contribution in [-0.2, 0) is 20.0 Å². The van der Waals surface area contributed by atoms with Crippen molar-refractivity contribution in [3.63, 3.8) is 0 Å². The van der Waals surface area contributed by atoms with E-state index < -0.39 is 21.6 Å². The van der Waals surface area contributed by atoms with Crippen LogP contribution < -0.4 is 13.9 Å². The molecular weight excluding hydrogens is 445 g/mol. The Morgan fingerprint density at radius 1 is 1.03 bits per heavy atom. The van der Waals surface area contributed by atoms with Gasteiger partial charge in [-0.25, -0.2) is 0 Å². The van der Waals surface area contributed by atoms with Gasteiger partial charge >= 0.3 is 7.60 Å². The topological polar surface area (TPSA) is 76.1 Å². The largest absolute Gasteiger partial charge is 0.539 e. The molecule has 178 valence electrons. The molecule has 2 rings (SSSR count). The van der Waals surface area contributed by atoms with Gasteiger partial charge in [0.15, 0.2) is 17.2 Å². The van der Waals surface area contributed by atoms with E-state index in [9.17, 15) is 4.57 Å². The van der Waals surface area contributed by atoms with Crippen molar-refractivity contribution in [1.82, 2.24) is 4.98 Å². The number of rotatable bonds is 10. The first-order chi connectivity index (χ1) is 14.9. The maximum atomic E-state index is 13.5. The number of hydrogen-bond donors (Lipinski definition) is 0. The summed E-state index contributed by atoms with van der Waals surface area (Å²) in [6.45, 7) is 10.8. The summed E-state index contributed by atoms with van der Waals surface area (Å²) in [4.78, 5) is 4.17. The fraction of sp³-hybridized carbons (Fsp3) is 0.522. The highest BCUT2D eigenvalue weighted by Crippen LogP contribution is 2.62. The van der Waals surface area contributed by atoms with Gasteiger partial charge in [-0.15, -0.1) is 0 Å². The van der Waals surface area contributed by atoms with E-state index in [2.05, 4.69) is 38.8 Å². The lowest BCUT2D eigenvalue weighted by atomic mass is 10.0. The average molecular weight is 482 g/mol. The van der Waals surface area contributed by atoms with Crippen molar-refractivity contribution in [3.05, 3.63) is 47.8 Å². The van der Waals surface area contributed by atoms with Gasteiger partial charge in [-0.1, -0.05) is 26.8 Å². The number of aromatic nitrogens is 1. The maximum absolute atomic E-state index is 13.5. The highest BCUT2D eigenvalue weighted by Gasteiger charge is 2.41. The van der Waals surface area contributed by atoms with Crippen LogP contribution in [0.4, 0.5) is 0 Å². The van der Waals surface area contributed by atoms with Crippen molar-refractivity contribution in [1.29, 1.82) is 0 Å². The van der Waals surface area contributed by atoms with Crippen LogP contribution in [0, 0.1) is 0 Å². The van der Waals surface area contributed by atoms with Crippen molar-refractivity contribution >= 4 is 15.9 Å². The molecule has 2 aromatic rings. The summed E-state index contributed by atoms with van der Waals surface area (Å²) in [5, 5.41) is -0.00760. The predicted molar refractivity (Wildman–Crippen MR) is 130 cm³/mol. The summed E-state index contributed by atoms with van der Waals surface area (Å²) in [6, 6.07) is 7.43. The van der Waals surface area contributed by atoms with Gasteiger partial charge in [0.2, 0.25) is 0 Å². The third-order valence-electron chi connectivity index (χ3n) is 6.07. The fourth-order valence-corrected chi connectivity index (χ4v) is 5.71. The van der Waals surface area contributed by atoms with Crippen molar-refractivity contribution in [2.75, 3.05) is 28.4 Å². The van der Waals surface area contributed by atoms with E-state index in [-0.39, 0.29) is 5.04 Å². The van der Waals surface area contributed by atoms with E-state index in [4.69, 9.17) is 22.9 Å². The molecule has 0 radical (unpaired) electrons. The zero-order valence-corrected chi connectivity index (χ0v) is 22.5. The molecular formula is C23H36NO6PSi. The number of nitrogens with zero attached hydrogens (tertiary/aromatic N) is 1. The Morgan fingerprint density at radius 3 is 2.00 bits per heavy atom. The molecule has 1 aromatic carbocycles. The minimum absolute atomic E-state index is 0.00760. The molecule has 0 fully saturated rings. The van der Waals surface area contributed by atoms with Gasteiger partial charge < -0.3 is 22.9 Å². The molecule has 7 nitrogen and oxygen atoms in total. The summed E-state index contributed by atoms with van der Waals surface area (Å²) in [5.74, 6) is 1.58. The summed E-state index contributed by atoms with van der Waals surface area (Å²) >= 11 is 0. The average Bonchev–Trinajstić information content (AvgIpc) is 2.76. The van der Waals surface area contributed by atoms with Gasteiger partial charge in [0.1, 0.15) is 0 Å². The first-order valence-corrected chi connectivity index (χ1v) is 15.0. The zero-order chi connectivity index (χ0) is 24.2. The van der Waals surface area contributed by atoms with Crippen LogP contribution in [0.5, 0.6) is 17.2 Å². The summed E-state index contributed by atoms with van der Waals surface area (Å²) in [5.41, 5.74) is 1.02. The van der Waals surface area contributed by atoms with E-state index in [0.29, 0.717) is 29.2 Å². The first kappa shape index (κ1) is 26.4. The second-order valence-electron chi connectivity index (χ2n) is 9.10. The molecule has 1 heterocycles. The Balaban J connectivity index is 2.63. The quantitative estimate of drug-likeness (QED) is 0.293. The van der Waals surface area contributed by atoms with Gasteiger partial charge in [-0.05, 0) is 53.9 Å². The third kappa shape index (κ3) is 5.73. The molecule has 1 aromatic heterocycles. The van der Waals surface area contributed by atoms with Gasteiger partial charge in [-0.2, -0.15) is 0 Å². The molecule has 0 amide bonds. The van der Waals surface area contributed by atoms with Gasteiger partial charge in [0.05, 0.1) is 19.9 Å². The van der Waals surface area contributed by atoms with Crippen LogP contribution in [0.2, 0.25) is 18.1 Å². The minimum atomic E-state index is -3.49. The van der Waals surface area contributed by atoms with Crippen LogP contribution in [-0.4, -0.2) is 41.7 Å². The molecule has 0 aliphatic rings. The van der Waals surface area contributed by atoms with Crippen molar-refractivity contribution in [2.45, 2.75) is 51.0 Å². The Bertz CT molecular complexity index is 912. The van der Waals surface area contributed by atoms with Crippen LogP contribution in [0.3, 0.4) is 0 Å². The monoisotopic (exact) mass is 481 g/mol. The molecule has 0 bridgehead atoms. The summed E-state index contributed by atoms with van der Waals surface area (Å²) in [6.07, 6.45) is 3.84. The van der Waals surface area contributed by atoms with E-state index >= 15 is 0 Å². The molecule has 32 heavy (non-hydrogen) atoms. The molecule has 0 spiro atoms. The Labute approximate surface area is 193 Å². The Hall–Kier alpha value is -1.86. The van der Waals surface area contributed by atoms with Crippen LogP contribution in [0.25, 0.3) is 0 Å². The Kier molecular flexibility index (Phi) is 8.56. The number of benzene rings is 1. The Morgan fingerprint density at radius 2 is 1.59 bits per heavy atom. The van der Waals surface area contributed by atoms with Crippen LogP contribution >= 0.6 is 7.60 Å². The third-order valence-corrected chi connectivity index (χ3v) is 12.7. The summed E-state index contributed by atoms with van der Waals surface area (Å²) < 4.78 is 42.3. The molecule has 0 saturated carbocycles. The fourth-order valence-electron chi connectivity index (χ4n) is 3.08. The molecule has 0 N–H and O–H groups in total. The molecule has 1 unspecified atom stereocenters. The molecule has 0 saturated heterocycles. The molecule has 9 heteroatoms. The highest BCUT2D eigenvalue weighted by molar-refractivity contribution is 7.54. The second kappa shape index (κ2) is 10.4. The van der Waals surface area contributed by atoms with Crippen molar-refractivity contribution in [2.24, 2.45) is 0 Å². The lowest BCUT2D eigenvalue weighted by Crippen LogP contribution is -2.44. The lowest BCUT2D eigenvalue weighted by molar-refractivity contribution is 0.265. The predicted octanol–water partition coefficient (Wildman–Crippen LogP) is 6.25. The van der Waals surface area contributed by atoms with E-state index in [0.717, 1.165) is 5.56 Å². The number of methoxy groups -OCH3 is 2. The summed E-state index contributed by atoms with van der Waals surface area (Å²) in [7, 11) is 0.289. The van der Waals surface area contributed by atoms with Crippen molar-refractivity contribution in [3.8, 4) is 17.2 Å². The normalized spacial score (nSPS) is 13.5. The van der Waals surface area contributed by atoms with Crippen LogP contribution in [0.1, 0.15) is 37.6 Å². The number of pyridine rings is 1. The number of hydrogen-bond acceptors (Lipinski definition) is 7. The van der Waals surface area contributed by atoms with Gasteiger partial charge in [0, 0.05) is 26.6 Å². The lowest BCUT2D eigenvalue weighted by Gasteiger charge is -2.37. The molecule has 0 aliphatic heterocycles. The van der Waals surface area contributed by atoms with Crippen molar-refractivity contribution < 1.29 is 27.5 Å². The first-order valence-electron chi connectivity index (χ1n) is 10.5.